The number of phosphoric acid groups is 1. The number of carbonyl (C=O) groups excluding carboxylic acids is 2. The zero-order valence-electron chi connectivity index (χ0n) is 27.0. The number of rotatable bonds is 32. The number of carbonyl (C=O) groups is 2. The van der Waals surface area contributed by atoms with Gasteiger partial charge in [0.15, 0.2) is 0 Å². The van der Waals surface area contributed by atoms with E-state index in [0.29, 0.717) is 6.42 Å². The van der Waals surface area contributed by atoms with Crippen LogP contribution in [0.3, 0.4) is 0 Å². The van der Waals surface area contributed by atoms with Gasteiger partial charge in [-0.3, -0.25) is 18.6 Å². The summed E-state index contributed by atoms with van der Waals surface area (Å²) in [5.74, 6) is -0.524. The number of aliphatic hydroxyl groups excluding tert-OH is 1. The molecule has 3 N–H and O–H groups in total. The molecule has 0 bridgehead atoms. The summed E-state index contributed by atoms with van der Waals surface area (Å²) in [5.41, 5.74) is 0. The molecule has 250 valence electrons. The zero-order chi connectivity index (χ0) is 31.2. The molecule has 0 rings (SSSR count). The minimum absolute atomic E-state index is 0.0846. The number of phosphoric ester groups is 1. The molecular formula is C32H64NO8P. The van der Waals surface area contributed by atoms with Crippen LogP contribution in [0.2, 0.25) is 0 Å². The number of ether oxygens (including phenoxy) is 1. The first-order valence-corrected chi connectivity index (χ1v) is 18.5. The average Bonchev–Trinajstić information content (AvgIpc) is 2.97. The molecule has 0 aliphatic rings. The van der Waals surface area contributed by atoms with Gasteiger partial charge in [0.1, 0.15) is 12.7 Å². The van der Waals surface area contributed by atoms with Crippen LogP contribution in [0.4, 0.5) is 0 Å². The Hall–Kier alpha value is -0.990. The highest BCUT2D eigenvalue weighted by atomic mass is 31.2. The summed E-state index contributed by atoms with van der Waals surface area (Å²) >= 11 is 0. The SMILES string of the molecule is CCCCCCCCCCCCCCCCCCC(=O)OCC(O)COP(=O)(O)OCCNC(=O)CCCCCCC. The molecule has 0 radical (unpaired) electrons. The van der Waals surface area contributed by atoms with Crippen molar-refractivity contribution in [3.8, 4) is 0 Å². The summed E-state index contributed by atoms with van der Waals surface area (Å²) in [4.78, 5) is 33.4. The van der Waals surface area contributed by atoms with E-state index in [2.05, 4.69) is 19.2 Å². The summed E-state index contributed by atoms with van der Waals surface area (Å²) in [7, 11) is -4.39. The minimum Gasteiger partial charge on any atom is -0.463 e. The predicted octanol–water partition coefficient (Wildman–Crippen LogP) is 8.15. The maximum absolute atomic E-state index is 11.9. The van der Waals surface area contributed by atoms with E-state index in [1.807, 2.05) is 0 Å². The third-order valence-electron chi connectivity index (χ3n) is 7.29. The number of unbranched alkanes of at least 4 members (excludes halogenated alkanes) is 19. The van der Waals surface area contributed by atoms with Gasteiger partial charge in [-0.2, -0.15) is 0 Å². The number of hydrogen-bond acceptors (Lipinski definition) is 7. The molecule has 0 saturated heterocycles. The molecule has 42 heavy (non-hydrogen) atoms. The van der Waals surface area contributed by atoms with Crippen LogP contribution in [0, 0.1) is 0 Å². The van der Waals surface area contributed by atoms with Gasteiger partial charge in [0.2, 0.25) is 5.91 Å². The van der Waals surface area contributed by atoms with Crippen LogP contribution in [-0.4, -0.2) is 54.3 Å². The molecule has 10 heteroatoms. The summed E-state index contributed by atoms with van der Waals surface area (Å²) in [6.45, 7) is 3.46. The number of hydrogen-bond donors (Lipinski definition) is 3. The minimum atomic E-state index is -4.39. The molecule has 2 unspecified atom stereocenters. The van der Waals surface area contributed by atoms with Gasteiger partial charge < -0.3 is 20.1 Å². The van der Waals surface area contributed by atoms with Gasteiger partial charge >= 0.3 is 13.8 Å². The van der Waals surface area contributed by atoms with Crippen molar-refractivity contribution in [1.82, 2.24) is 5.32 Å². The van der Waals surface area contributed by atoms with Gasteiger partial charge in [-0.25, -0.2) is 4.57 Å². The second-order valence-corrected chi connectivity index (χ2v) is 13.0. The maximum Gasteiger partial charge on any atom is 0.472 e. The molecule has 0 aliphatic carbocycles. The second kappa shape index (κ2) is 30.1. The van der Waals surface area contributed by atoms with E-state index in [0.717, 1.165) is 51.4 Å². The molecule has 2 atom stereocenters. The fourth-order valence-corrected chi connectivity index (χ4v) is 5.43. The molecule has 0 aromatic heterocycles. The van der Waals surface area contributed by atoms with E-state index >= 15 is 0 Å². The monoisotopic (exact) mass is 621 g/mol. The Morgan fingerprint density at radius 3 is 1.55 bits per heavy atom. The highest BCUT2D eigenvalue weighted by Gasteiger charge is 2.23. The Bertz CT molecular complexity index is 679. The van der Waals surface area contributed by atoms with Crippen molar-refractivity contribution >= 4 is 19.7 Å². The summed E-state index contributed by atoms with van der Waals surface area (Å²) in [5, 5.41) is 12.5. The smallest absolute Gasteiger partial charge is 0.463 e. The number of esters is 1. The molecule has 0 aliphatic heterocycles. The van der Waals surface area contributed by atoms with Gasteiger partial charge in [-0.1, -0.05) is 136 Å². The number of nitrogens with one attached hydrogen (secondary N) is 1. The van der Waals surface area contributed by atoms with Crippen LogP contribution in [0.5, 0.6) is 0 Å². The third-order valence-corrected chi connectivity index (χ3v) is 8.27. The molecule has 0 heterocycles. The Morgan fingerprint density at radius 2 is 1.07 bits per heavy atom. The molecule has 0 spiro atoms. The first kappa shape index (κ1) is 41.0. The van der Waals surface area contributed by atoms with Crippen LogP contribution in [0.1, 0.15) is 162 Å². The van der Waals surface area contributed by atoms with Crippen LogP contribution < -0.4 is 5.32 Å². The standard InChI is InChI=1S/C32H64NO8P/c1-3-5-7-9-10-11-12-13-14-15-16-17-18-19-21-23-25-32(36)39-28-30(34)29-41-42(37,38)40-27-26-33-31(35)24-22-20-8-6-4-2/h30,34H,3-29H2,1-2H3,(H,33,35)(H,37,38). The lowest BCUT2D eigenvalue weighted by atomic mass is 10.0. The van der Waals surface area contributed by atoms with E-state index in [-0.39, 0.29) is 32.1 Å². The van der Waals surface area contributed by atoms with E-state index in [4.69, 9.17) is 13.8 Å². The van der Waals surface area contributed by atoms with E-state index in [1.54, 1.807) is 0 Å². The Kier molecular flexibility index (Phi) is 29.3. The number of amides is 1. The lowest BCUT2D eigenvalue weighted by Crippen LogP contribution is -2.27. The zero-order valence-corrected chi connectivity index (χ0v) is 27.9. The van der Waals surface area contributed by atoms with Crippen molar-refractivity contribution in [2.45, 2.75) is 168 Å². The van der Waals surface area contributed by atoms with Crippen molar-refractivity contribution in [3.05, 3.63) is 0 Å². The summed E-state index contributed by atoms with van der Waals surface area (Å²) in [6, 6.07) is 0. The Labute approximate surface area is 256 Å². The van der Waals surface area contributed by atoms with E-state index in [9.17, 15) is 24.2 Å². The predicted molar refractivity (Wildman–Crippen MR) is 169 cm³/mol. The van der Waals surface area contributed by atoms with Gasteiger partial charge in [0.25, 0.3) is 0 Å². The summed E-state index contributed by atoms with van der Waals surface area (Å²) < 4.78 is 26.5. The van der Waals surface area contributed by atoms with Gasteiger partial charge in [0.05, 0.1) is 13.2 Å². The lowest BCUT2D eigenvalue weighted by Gasteiger charge is -2.15. The molecular weight excluding hydrogens is 557 g/mol. The molecule has 9 nitrogen and oxygen atoms in total. The fourth-order valence-electron chi connectivity index (χ4n) is 4.67. The first-order valence-electron chi connectivity index (χ1n) is 17.0. The topological polar surface area (TPSA) is 131 Å². The molecule has 0 aromatic rings. The second-order valence-electron chi connectivity index (χ2n) is 11.5. The highest BCUT2D eigenvalue weighted by molar-refractivity contribution is 7.47. The van der Waals surface area contributed by atoms with Crippen molar-refractivity contribution in [2.24, 2.45) is 0 Å². The van der Waals surface area contributed by atoms with Gasteiger partial charge in [0, 0.05) is 19.4 Å². The fraction of sp³-hybridized carbons (Fsp3) is 0.938. The number of aliphatic hydroxyl groups is 1. The van der Waals surface area contributed by atoms with Gasteiger partial charge in [-0.15, -0.1) is 0 Å². The van der Waals surface area contributed by atoms with E-state index in [1.165, 1.54) is 83.5 Å². The average molecular weight is 622 g/mol. The van der Waals surface area contributed by atoms with Crippen LogP contribution >= 0.6 is 7.82 Å². The Balaban J connectivity index is 3.57. The molecule has 1 amide bonds. The van der Waals surface area contributed by atoms with Gasteiger partial charge in [-0.05, 0) is 12.8 Å². The molecule has 0 saturated carbocycles. The third kappa shape index (κ3) is 30.5. The molecule has 0 fully saturated rings. The van der Waals surface area contributed by atoms with Crippen LogP contribution in [0.15, 0.2) is 0 Å². The van der Waals surface area contributed by atoms with Crippen LogP contribution in [0.25, 0.3) is 0 Å². The molecule has 0 aromatic carbocycles. The van der Waals surface area contributed by atoms with Crippen molar-refractivity contribution < 1.29 is 37.9 Å². The van der Waals surface area contributed by atoms with Crippen molar-refractivity contribution in [2.75, 3.05) is 26.4 Å². The lowest BCUT2D eigenvalue weighted by molar-refractivity contribution is -0.147. The Morgan fingerprint density at radius 1 is 0.643 bits per heavy atom. The maximum atomic E-state index is 11.9. The highest BCUT2D eigenvalue weighted by Crippen LogP contribution is 2.42. The quantitative estimate of drug-likeness (QED) is 0.0390. The first-order chi connectivity index (χ1) is 20.3. The van der Waals surface area contributed by atoms with Crippen molar-refractivity contribution in [3.63, 3.8) is 0 Å². The summed E-state index contributed by atoms with van der Waals surface area (Å²) in [6.07, 6.45) is 25.0. The van der Waals surface area contributed by atoms with E-state index < -0.39 is 26.5 Å². The van der Waals surface area contributed by atoms with Crippen LogP contribution in [-0.2, 0) is 27.9 Å². The largest absolute Gasteiger partial charge is 0.472 e. The normalized spacial score (nSPS) is 13.5. The van der Waals surface area contributed by atoms with Crippen molar-refractivity contribution in [1.29, 1.82) is 0 Å².